The molecule has 78 valence electrons. The Hall–Kier alpha value is 3.22. The second-order valence-electron chi connectivity index (χ2n) is 1.03. The molecule has 0 bridgehead atoms. The van der Waals surface area contributed by atoms with E-state index in [0.29, 0.717) is 0 Å². The predicted octanol–water partition coefficient (Wildman–Crippen LogP) is -9.87. The van der Waals surface area contributed by atoms with Crippen molar-refractivity contribution in [1.82, 2.24) is 0 Å². The zero-order valence-corrected chi connectivity index (χ0v) is 15.2. The molecule has 8 nitrogen and oxygen atoms in total. The number of phosphoric acid groups is 2. The van der Waals surface area contributed by atoms with Crippen LogP contribution >= 0.6 is 15.6 Å². The monoisotopic (exact) mass is 284 g/mol. The molecular formula is CH13Na3O8P2. The van der Waals surface area contributed by atoms with Crippen LogP contribution < -0.4 is 88.7 Å². The first-order valence-electron chi connectivity index (χ1n) is 1.57. The zero-order valence-electron chi connectivity index (χ0n) is 10.4. The van der Waals surface area contributed by atoms with Crippen molar-refractivity contribution in [3.63, 3.8) is 0 Å². The van der Waals surface area contributed by atoms with E-state index in [2.05, 4.69) is 0 Å². The van der Waals surface area contributed by atoms with Crippen molar-refractivity contribution in [1.29, 1.82) is 0 Å². The van der Waals surface area contributed by atoms with E-state index >= 15 is 0 Å². The molecule has 0 aromatic carbocycles. The minimum atomic E-state index is -4.64. The van der Waals surface area contributed by atoms with Crippen LogP contribution in [-0.4, -0.2) is 29.4 Å². The summed E-state index contributed by atoms with van der Waals surface area (Å²) in [7, 11) is -9.28. The minimum absolute atomic E-state index is 0. The van der Waals surface area contributed by atoms with Crippen molar-refractivity contribution in [3.8, 4) is 0 Å². The molecule has 0 fully saturated rings. The molecule has 14 heavy (non-hydrogen) atoms. The summed E-state index contributed by atoms with van der Waals surface area (Å²) < 4.78 is 17.8. The molecule has 0 aliphatic carbocycles. The number of hydrogen-bond donors (Lipinski definition) is 6. The van der Waals surface area contributed by atoms with Crippen LogP contribution in [0.3, 0.4) is 0 Å². The second kappa shape index (κ2) is 16.2. The molecule has 0 aromatic rings. The fourth-order valence-corrected chi connectivity index (χ4v) is 0. The van der Waals surface area contributed by atoms with Crippen LogP contribution in [0.4, 0.5) is 0 Å². The second-order valence-corrected chi connectivity index (χ2v) is 3.08. The van der Waals surface area contributed by atoms with Gasteiger partial charge in [-0.25, -0.2) is 9.13 Å². The molecule has 0 amide bonds. The van der Waals surface area contributed by atoms with E-state index in [1.165, 1.54) is 0 Å². The molecule has 0 aromatic heterocycles. The summed E-state index contributed by atoms with van der Waals surface area (Å²) in [5.41, 5.74) is 0. The number of hydrogen-bond acceptors (Lipinski definition) is 2. The molecule has 6 N–H and O–H groups in total. The molecule has 0 heterocycles. The van der Waals surface area contributed by atoms with Gasteiger partial charge in [-0.1, -0.05) is 7.43 Å². The van der Waals surface area contributed by atoms with Crippen molar-refractivity contribution in [2.75, 3.05) is 0 Å². The first kappa shape index (κ1) is 36.0. The fourth-order valence-electron chi connectivity index (χ4n) is 0. The van der Waals surface area contributed by atoms with Crippen molar-refractivity contribution in [3.05, 3.63) is 0 Å². The quantitative estimate of drug-likeness (QED) is 0.189. The summed E-state index contributed by atoms with van der Waals surface area (Å²) in [4.78, 5) is 43.1. The van der Waals surface area contributed by atoms with Crippen molar-refractivity contribution in [2.45, 2.75) is 7.43 Å². The Bertz CT molecular complexity index is 146. The zero-order chi connectivity index (χ0) is 9.00. The molecule has 13 heteroatoms. The maximum absolute atomic E-state index is 8.88. The van der Waals surface area contributed by atoms with Gasteiger partial charge in [0.1, 0.15) is 0 Å². The summed E-state index contributed by atoms with van der Waals surface area (Å²) >= 11 is 0. The summed E-state index contributed by atoms with van der Waals surface area (Å²) in [6.45, 7) is 0. The maximum Gasteiger partial charge on any atom is 1.00 e. The van der Waals surface area contributed by atoms with E-state index in [4.69, 9.17) is 38.5 Å². The Morgan fingerprint density at radius 2 is 0.643 bits per heavy atom. The molecule has 0 aliphatic rings. The van der Waals surface area contributed by atoms with Gasteiger partial charge in [0.15, 0.2) is 0 Å². The van der Waals surface area contributed by atoms with Crippen LogP contribution in [-0.2, 0) is 9.13 Å². The Morgan fingerprint density at radius 1 is 0.643 bits per heavy atom. The normalized spacial score (nSPS) is 8.43. The molecule has 0 saturated heterocycles. The molecule has 0 radical (unpaired) electrons. The largest absolute Gasteiger partial charge is 1.00 e. The van der Waals surface area contributed by atoms with E-state index < -0.39 is 15.6 Å². The van der Waals surface area contributed by atoms with Gasteiger partial charge in [0, 0.05) is 0 Å². The SMILES string of the molecule is C.O=P(O)(O)O.O=P(O)(O)O.[H-].[H-].[H-].[Na+].[Na+].[Na+]. The summed E-state index contributed by atoms with van der Waals surface area (Å²) in [5.74, 6) is 0. The molecule has 0 rings (SSSR count). The summed E-state index contributed by atoms with van der Waals surface area (Å²) in [5, 5.41) is 0. The van der Waals surface area contributed by atoms with Gasteiger partial charge in [-0.2, -0.15) is 0 Å². The molecule has 0 atom stereocenters. The van der Waals surface area contributed by atoms with Gasteiger partial charge in [-0.3, -0.25) is 0 Å². The predicted molar refractivity (Wildman–Crippen MR) is 38.6 cm³/mol. The van der Waals surface area contributed by atoms with E-state index in [0.717, 1.165) is 0 Å². The maximum atomic E-state index is 8.88. The van der Waals surface area contributed by atoms with E-state index in [-0.39, 0.29) is 100 Å². The van der Waals surface area contributed by atoms with Crippen LogP contribution in [0.1, 0.15) is 11.7 Å². The smallest absolute Gasteiger partial charge is 1.00 e. The third kappa shape index (κ3) is 297. The number of rotatable bonds is 0. The van der Waals surface area contributed by atoms with Gasteiger partial charge in [0.25, 0.3) is 0 Å². The Balaban J connectivity index is -0.00000000762. The van der Waals surface area contributed by atoms with Crippen molar-refractivity contribution < 1.29 is 131 Å². The first-order chi connectivity index (χ1) is 4.00. The van der Waals surface area contributed by atoms with Crippen LogP contribution in [0.5, 0.6) is 0 Å². The first-order valence-corrected chi connectivity index (χ1v) is 4.70. The van der Waals surface area contributed by atoms with Crippen molar-refractivity contribution in [2.24, 2.45) is 0 Å². The molecule has 0 unspecified atom stereocenters. The van der Waals surface area contributed by atoms with Gasteiger partial charge < -0.3 is 33.6 Å². The van der Waals surface area contributed by atoms with Crippen LogP contribution in [0, 0.1) is 0 Å². The van der Waals surface area contributed by atoms with Crippen molar-refractivity contribution >= 4 is 15.6 Å². The molecule has 0 spiro atoms. The molecule has 0 saturated carbocycles. The Morgan fingerprint density at radius 3 is 0.643 bits per heavy atom. The molecule has 0 aliphatic heterocycles. The standard InChI is InChI=1S/CH4.3Na.2H3O4P.3H/c;;;;2*1-5(2,3)4;;;/h1H4;;;;2*(H3,1,2,3,4);;;/q;3*+1;;;3*-1. The third-order valence-electron chi connectivity index (χ3n) is 0. The van der Waals surface area contributed by atoms with Gasteiger partial charge in [-0.05, 0) is 0 Å². The molecular weight excluding hydrogens is 271 g/mol. The van der Waals surface area contributed by atoms with Crippen LogP contribution in [0.15, 0.2) is 0 Å². The summed E-state index contributed by atoms with van der Waals surface area (Å²) in [6.07, 6.45) is 0. The third-order valence-corrected chi connectivity index (χ3v) is 0. The Labute approximate surface area is 152 Å². The minimum Gasteiger partial charge on any atom is -1.00 e. The Kier molecular flexibility index (Phi) is 41.7. The van der Waals surface area contributed by atoms with Gasteiger partial charge in [0.05, 0.1) is 0 Å². The fraction of sp³-hybridized carbons (Fsp3) is 1.00. The van der Waals surface area contributed by atoms with E-state index in [1.54, 1.807) is 0 Å². The van der Waals surface area contributed by atoms with Gasteiger partial charge in [-0.15, -0.1) is 0 Å². The van der Waals surface area contributed by atoms with Gasteiger partial charge >= 0.3 is 104 Å². The van der Waals surface area contributed by atoms with E-state index in [1.807, 2.05) is 0 Å². The van der Waals surface area contributed by atoms with Crippen LogP contribution in [0.25, 0.3) is 0 Å². The van der Waals surface area contributed by atoms with Crippen LogP contribution in [0.2, 0.25) is 0 Å². The van der Waals surface area contributed by atoms with Gasteiger partial charge in [0.2, 0.25) is 0 Å². The average Bonchev–Trinajstić information content (AvgIpc) is 1.12. The summed E-state index contributed by atoms with van der Waals surface area (Å²) in [6, 6.07) is 0. The topological polar surface area (TPSA) is 156 Å². The average molecular weight is 284 g/mol. The van der Waals surface area contributed by atoms with E-state index in [9.17, 15) is 0 Å².